The van der Waals surface area contributed by atoms with Crippen molar-refractivity contribution in [1.82, 2.24) is 0 Å². The highest BCUT2D eigenvalue weighted by atomic mass is 35.5. The van der Waals surface area contributed by atoms with Crippen molar-refractivity contribution in [2.24, 2.45) is 0 Å². The Balaban J connectivity index is 1.85. The first kappa shape index (κ1) is 23.4. The summed E-state index contributed by atoms with van der Waals surface area (Å²) in [5.74, 6) is 0.352. The van der Waals surface area contributed by atoms with Crippen LogP contribution in [-0.2, 0) is 11.2 Å². The predicted molar refractivity (Wildman–Crippen MR) is 121 cm³/mol. The van der Waals surface area contributed by atoms with Gasteiger partial charge in [-0.05, 0) is 43.0 Å². The van der Waals surface area contributed by atoms with Crippen LogP contribution in [0.25, 0.3) is 0 Å². The maximum absolute atomic E-state index is 12.2. The van der Waals surface area contributed by atoms with Crippen molar-refractivity contribution in [1.29, 1.82) is 0 Å². The number of aromatic hydroxyl groups is 1. The first-order valence-corrected chi connectivity index (χ1v) is 10.9. The molecule has 0 radical (unpaired) electrons. The molecule has 0 saturated carbocycles. The summed E-state index contributed by atoms with van der Waals surface area (Å²) < 4.78 is 5.85. The highest BCUT2D eigenvalue weighted by molar-refractivity contribution is 6.37. The molecule has 158 valence electrons. The van der Waals surface area contributed by atoms with Crippen LogP contribution in [0.4, 0.5) is 5.69 Å². The van der Waals surface area contributed by atoms with Crippen molar-refractivity contribution < 1.29 is 14.6 Å². The summed E-state index contributed by atoms with van der Waals surface area (Å²) in [5, 5.41) is 13.2. The number of phenols is 1. The number of carbonyl (C=O) groups excluding carboxylic acids is 1. The van der Waals surface area contributed by atoms with Crippen LogP contribution in [0.2, 0.25) is 10.0 Å². The first-order valence-electron chi connectivity index (χ1n) is 10.1. The maximum Gasteiger partial charge on any atom is 0.227 e. The average Bonchev–Trinajstić information content (AvgIpc) is 2.71. The topological polar surface area (TPSA) is 58.6 Å². The molecule has 0 aliphatic heterocycles. The van der Waals surface area contributed by atoms with Crippen LogP contribution in [0.15, 0.2) is 30.3 Å². The number of carbonyl (C=O) groups is 1. The fourth-order valence-corrected chi connectivity index (χ4v) is 3.49. The fraction of sp³-hybridized carbons (Fsp3) is 0.435. The van der Waals surface area contributed by atoms with Gasteiger partial charge < -0.3 is 15.2 Å². The molecule has 2 aromatic rings. The second kappa shape index (κ2) is 11.9. The van der Waals surface area contributed by atoms with E-state index in [2.05, 4.69) is 18.3 Å². The van der Waals surface area contributed by atoms with Crippen molar-refractivity contribution >= 4 is 34.8 Å². The van der Waals surface area contributed by atoms with Gasteiger partial charge in [0.25, 0.3) is 0 Å². The van der Waals surface area contributed by atoms with E-state index in [0.717, 1.165) is 18.6 Å². The van der Waals surface area contributed by atoms with Crippen LogP contribution in [0.5, 0.6) is 11.5 Å². The van der Waals surface area contributed by atoms with Crippen LogP contribution in [0.1, 0.15) is 56.6 Å². The highest BCUT2D eigenvalue weighted by Crippen LogP contribution is 2.38. The van der Waals surface area contributed by atoms with Crippen molar-refractivity contribution in [2.75, 3.05) is 11.9 Å². The van der Waals surface area contributed by atoms with Crippen LogP contribution in [-0.4, -0.2) is 17.6 Å². The number of hydrogen-bond donors (Lipinski definition) is 2. The normalized spacial score (nSPS) is 10.8. The molecule has 29 heavy (non-hydrogen) atoms. The van der Waals surface area contributed by atoms with E-state index in [-0.39, 0.29) is 35.4 Å². The molecule has 1 amide bonds. The molecule has 6 heteroatoms. The second-order valence-electron chi connectivity index (χ2n) is 7.11. The number of aryl methyl sites for hydroxylation is 1. The minimum absolute atomic E-state index is 0.136. The number of ether oxygens (including phenoxy) is 1. The van der Waals surface area contributed by atoms with Crippen molar-refractivity contribution in [3.63, 3.8) is 0 Å². The van der Waals surface area contributed by atoms with E-state index in [1.54, 1.807) is 6.92 Å². The van der Waals surface area contributed by atoms with Crippen molar-refractivity contribution in [2.45, 2.75) is 58.8 Å². The Kier molecular flexibility index (Phi) is 9.62. The molecule has 0 heterocycles. The largest absolute Gasteiger partial charge is 0.504 e. The molecule has 0 atom stereocenters. The lowest BCUT2D eigenvalue weighted by molar-refractivity contribution is -0.116. The van der Waals surface area contributed by atoms with Gasteiger partial charge in [0.05, 0.1) is 23.7 Å². The molecule has 0 saturated heterocycles. The molecular formula is C23H29Cl2NO3. The third-order valence-corrected chi connectivity index (χ3v) is 5.66. The van der Waals surface area contributed by atoms with Crippen LogP contribution in [0, 0.1) is 6.92 Å². The van der Waals surface area contributed by atoms with Gasteiger partial charge in [-0.3, -0.25) is 4.79 Å². The van der Waals surface area contributed by atoms with Gasteiger partial charge in [-0.25, -0.2) is 0 Å². The maximum atomic E-state index is 12.2. The third kappa shape index (κ3) is 7.13. The number of anilines is 1. The lowest BCUT2D eigenvalue weighted by atomic mass is 10.0. The Morgan fingerprint density at radius 2 is 1.86 bits per heavy atom. The Bertz CT molecular complexity index is 824. The van der Waals surface area contributed by atoms with Crippen molar-refractivity contribution in [3.05, 3.63) is 51.5 Å². The number of benzene rings is 2. The van der Waals surface area contributed by atoms with E-state index in [1.165, 1.54) is 37.3 Å². The SMILES string of the molecule is CCCCCCCc1ccccc1OCCC(=O)Nc1cc(Cl)c(C)c(Cl)c1O. The van der Waals surface area contributed by atoms with Crippen LogP contribution in [0.3, 0.4) is 0 Å². The van der Waals surface area contributed by atoms with Gasteiger partial charge in [-0.1, -0.05) is 74.0 Å². The van der Waals surface area contributed by atoms with Crippen LogP contribution >= 0.6 is 23.2 Å². The Morgan fingerprint density at radius 3 is 2.62 bits per heavy atom. The minimum Gasteiger partial charge on any atom is -0.504 e. The van der Waals surface area contributed by atoms with E-state index in [1.807, 2.05) is 18.2 Å². The van der Waals surface area contributed by atoms with E-state index in [4.69, 9.17) is 27.9 Å². The lowest BCUT2D eigenvalue weighted by Gasteiger charge is -2.13. The van der Waals surface area contributed by atoms with E-state index >= 15 is 0 Å². The molecule has 0 unspecified atom stereocenters. The number of nitrogens with one attached hydrogen (secondary N) is 1. The molecule has 2 rings (SSSR count). The average molecular weight is 438 g/mol. The van der Waals surface area contributed by atoms with E-state index in [9.17, 15) is 9.90 Å². The van der Waals surface area contributed by atoms with Gasteiger partial charge in [-0.15, -0.1) is 0 Å². The van der Waals surface area contributed by atoms with Gasteiger partial charge in [0.1, 0.15) is 5.75 Å². The first-order chi connectivity index (χ1) is 13.9. The third-order valence-electron chi connectivity index (χ3n) is 4.80. The molecule has 0 aliphatic rings. The van der Waals surface area contributed by atoms with E-state index < -0.39 is 0 Å². The van der Waals surface area contributed by atoms with Gasteiger partial charge in [0.15, 0.2) is 5.75 Å². The Morgan fingerprint density at radius 1 is 1.14 bits per heavy atom. The quantitative estimate of drug-likeness (QED) is 0.296. The zero-order valence-electron chi connectivity index (χ0n) is 17.1. The molecule has 0 fully saturated rings. The summed E-state index contributed by atoms with van der Waals surface area (Å²) in [6, 6.07) is 9.44. The van der Waals surface area contributed by atoms with Gasteiger partial charge in [0, 0.05) is 5.02 Å². The summed E-state index contributed by atoms with van der Waals surface area (Å²) >= 11 is 12.1. The van der Waals surface area contributed by atoms with Crippen molar-refractivity contribution in [3.8, 4) is 11.5 Å². The van der Waals surface area contributed by atoms with Gasteiger partial charge in [-0.2, -0.15) is 0 Å². The molecule has 0 bridgehead atoms. The highest BCUT2D eigenvalue weighted by Gasteiger charge is 2.14. The molecule has 2 aromatic carbocycles. The summed E-state index contributed by atoms with van der Waals surface area (Å²) in [4.78, 5) is 12.2. The lowest BCUT2D eigenvalue weighted by Crippen LogP contribution is -2.15. The second-order valence-corrected chi connectivity index (χ2v) is 7.90. The monoisotopic (exact) mass is 437 g/mol. The standard InChI is InChI=1S/C23H29Cl2NO3/c1-3-4-5-6-7-10-17-11-8-9-12-20(17)29-14-13-21(27)26-19-15-18(24)16(2)22(25)23(19)28/h8-9,11-12,15,28H,3-7,10,13-14H2,1-2H3,(H,26,27). The molecule has 0 aromatic heterocycles. The minimum atomic E-state index is -0.284. The number of phenolic OH excluding ortho intramolecular Hbond substituents is 1. The van der Waals surface area contributed by atoms with Gasteiger partial charge in [0.2, 0.25) is 5.91 Å². The number of halogens is 2. The van der Waals surface area contributed by atoms with Crippen LogP contribution < -0.4 is 10.1 Å². The number of para-hydroxylation sites is 1. The molecule has 4 nitrogen and oxygen atoms in total. The zero-order valence-corrected chi connectivity index (χ0v) is 18.6. The van der Waals surface area contributed by atoms with Gasteiger partial charge >= 0.3 is 0 Å². The molecule has 0 spiro atoms. The zero-order chi connectivity index (χ0) is 21.2. The summed E-state index contributed by atoms with van der Waals surface area (Å²) in [6.07, 6.45) is 7.25. The fourth-order valence-electron chi connectivity index (χ4n) is 3.04. The number of unbranched alkanes of at least 4 members (excludes halogenated alkanes) is 4. The summed E-state index contributed by atoms with van der Waals surface area (Å²) in [5.41, 5.74) is 1.93. The summed E-state index contributed by atoms with van der Waals surface area (Å²) in [6.45, 7) is 4.15. The number of amides is 1. The smallest absolute Gasteiger partial charge is 0.227 e. The van der Waals surface area contributed by atoms with E-state index in [0.29, 0.717) is 10.6 Å². The Labute approximate surface area is 183 Å². The predicted octanol–water partition coefficient (Wildman–Crippen LogP) is 6.93. The number of hydrogen-bond acceptors (Lipinski definition) is 3. The molecule has 0 aliphatic carbocycles. The molecular weight excluding hydrogens is 409 g/mol. The Hall–Kier alpha value is -1.91. The molecule has 2 N–H and O–H groups in total. The summed E-state index contributed by atoms with van der Waals surface area (Å²) in [7, 11) is 0. The number of rotatable bonds is 11.